The number of unbranched alkanes of at least 4 members (excludes halogenated alkanes) is 11. The zero-order chi connectivity index (χ0) is 26.2. The maximum atomic E-state index is 12.0. The lowest BCUT2D eigenvalue weighted by molar-refractivity contribution is -0.145. The first kappa shape index (κ1) is 33.9. The number of hydrogen-bond acceptors (Lipinski definition) is 4. The van der Waals surface area contributed by atoms with Crippen molar-refractivity contribution in [3.8, 4) is 0 Å². The fourth-order valence-electron chi connectivity index (χ4n) is 4.38. The molecule has 0 saturated carbocycles. The molecule has 0 saturated heterocycles. The van der Waals surface area contributed by atoms with Gasteiger partial charge in [-0.15, -0.1) is 0 Å². The molecule has 0 heterocycles. The first-order valence-corrected chi connectivity index (χ1v) is 15.1. The molecule has 0 N–H and O–H groups in total. The molecular formula is C31H60O4. The van der Waals surface area contributed by atoms with Crippen LogP contribution in [-0.2, 0) is 19.1 Å². The lowest BCUT2D eigenvalue weighted by atomic mass is 9.99. The van der Waals surface area contributed by atoms with Gasteiger partial charge in [0, 0.05) is 12.8 Å². The highest BCUT2D eigenvalue weighted by molar-refractivity contribution is 5.69. The third kappa shape index (κ3) is 27.4. The van der Waals surface area contributed by atoms with E-state index in [1.54, 1.807) is 0 Å². The van der Waals surface area contributed by atoms with Gasteiger partial charge >= 0.3 is 11.9 Å². The maximum absolute atomic E-state index is 12.0. The van der Waals surface area contributed by atoms with E-state index in [4.69, 9.17) is 9.47 Å². The Hall–Kier alpha value is -1.06. The van der Waals surface area contributed by atoms with Crippen LogP contribution in [0.5, 0.6) is 0 Å². The normalized spacial score (nSPS) is 12.3. The van der Waals surface area contributed by atoms with Crippen molar-refractivity contribution in [1.29, 1.82) is 0 Å². The van der Waals surface area contributed by atoms with Gasteiger partial charge in [0.1, 0.15) is 0 Å². The number of rotatable bonds is 25. The molecule has 4 nitrogen and oxygen atoms in total. The largest absolute Gasteiger partial charge is 0.466 e. The van der Waals surface area contributed by atoms with Gasteiger partial charge in [0.2, 0.25) is 0 Å². The van der Waals surface area contributed by atoms with Crippen LogP contribution in [0.2, 0.25) is 0 Å². The van der Waals surface area contributed by atoms with E-state index in [0.29, 0.717) is 32.0 Å². The van der Waals surface area contributed by atoms with E-state index in [0.717, 1.165) is 56.8 Å². The van der Waals surface area contributed by atoms with Crippen LogP contribution < -0.4 is 0 Å². The highest BCUT2D eigenvalue weighted by Crippen LogP contribution is 2.17. The van der Waals surface area contributed by atoms with Gasteiger partial charge in [-0.05, 0) is 37.0 Å². The molecule has 4 heteroatoms. The van der Waals surface area contributed by atoms with Gasteiger partial charge in [0.15, 0.2) is 0 Å². The lowest BCUT2D eigenvalue weighted by Gasteiger charge is -2.11. The highest BCUT2D eigenvalue weighted by atomic mass is 16.5. The van der Waals surface area contributed by atoms with Gasteiger partial charge in [-0.3, -0.25) is 9.59 Å². The van der Waals surface area contributed by atoms with Crippen LogP contribution in [0.4, 0.5) is 0 Å². The maximum Gasteiger partial charge on any atom is 0.306 e. The third-order valence-electron chi connectivity index (χ3n) is 6.72. The Morgan fingerprint density at radius 2 is 0.886 bits per heavy atom. The zero-order valence-corrected chi connectivity index (χ0v) is 24.2. The number of carbonyl (C=O) groups is 2. The van der Waals surface area contributed by atoms with Gasteiger partial charge in [-0.25, -0.2) is 0 Å². The van der Waals surface area contributed by atoms with Crippen molar-refractivity contribution in [3.05, 3.63) is 0 Å². The van der Waals surface area contributed by atoms with E-state index in [1.165, 1.54) is 64.2 Å². The van der Waals surface area contributed by atoms with E-state index in [2.05, 4.69) is 34.6 Å². The molecule has 0 aromatic heterocycles. The van der Waals surface area contributed by atoms with E-state index in [-0.39, 0.29) is 11.9 Å². The zero-order valence-electron chi connectivity index (χ0n) is 24.2. The fourth-order valence-corrected chi connectivity index (χ4v) is 4.38. The summed E-state index contributed by atoms with van der Waals surface area (Å²) >= 11 is 0. The molecule has 0 aliphatic carbocycles. The first-order valence-electron chi connectivity index (χ1n) is 15.1. The van der Waals surface area contributed by atoms with Crippen LogP contribution in [0.3, 0.4) is 0 Å². The Morgan fingerprint density at radius 1 is 0.486 bits per heavy atom. The van der Waals surface area contributed by atoms with Crippen LogP contribution in [0.15, 0.2) is 0 Å². The molecule has 35 heavy (non-hydrogen) atoms. The molecule has 0 rings (SSSR count). The Bertz CT molecular complexity index is 486. The van der Waals surface area contributed by atoms with E-state index in [1.807, 2.05) is 0 Å². The SMILES string of the molecule is CC(C)CCCCCOC(=O)CCCCCCCCCCC(C)CC(=O)OCCCCCC(C)C. The topological polar surface area (TPSA) is 52.6 Å². The quantitative estimate of drug-likeness (QED) is 0.0932. The van der Waals surface area contributed by atoms with Crippen molar-refractivity contribution >= 4 is 11.9 Å². The van der Waals surface area contributed by atoms with Crippen molar-refractivity contribution in [1.82, 2.24) is 0 Å². The molecular weight excluding hydrogens is 436 g/mol. The van der Waals surface area contributed by atoms with Crippen LogP contribution in [0.25, 0.3) is 0 Å². The second-order valence-electron chi connectivity index (χ2n) is 11.6. The van der Waals surface area contributed by atoms with Crippen molar-refractivity contribution < 1.29 is 19.1 Å². The molecule has 208 valence electrons. The average molecular weight is 497 g/mol. The van der Waals surface area contributed by atoms with Gasteiger partial charge in [0.25, 0.3) is 0 Å². The summed E-state index contributed by atoms with van der Waals surface area (Å²) in [5, 5.41) is 0. The number of hydrogen-bond donors (Lipinski definition) is 0. The fraction of sp³-hybridized carbons (Fsp3) is 0.935. The molecule has 0 bridgehead atoms. The van der Waals surface area contributed by atoms with Gasteiger partial charge in [-0.2, -0.15) is 0 Å². The summed E-state index contributed by atoms with van der Waals surface area (Å²) in [5.41, 5.74) is 0. The summed E-state index contributed by atoms with van der Waals surface area (Å²) in [5.74, 6) is 1.91. The summed E-state index contributed by atoms with van der Waals surface area (Å²) in [6, 6.07) is 0. The first-order chi connectivity index (χ1) is 16.8. The summed E-state index contributed by atoms with van der Waals surface area (Å²) in [6.45, 7) is 12.4. The monoisotopic (exact) mass is 496 g/mol. The second kappa shape index (κ2) is 24.6. The van der Waals surface area contributed by atoms with E-state index < -0.39 is 0 Å². The molecule has 1 unspecified atom stereocenters. The Labute approximate surface area is 218 Å². The molecule has 0 aromatic carbocycles. The lowest BCUT2D eigenvalue weighted by Crippen LogP contribution is -2.10. The summed E-state index contributed by atoms with van der Waals surface area (Å²) in [6.07, 6.45) is 21.1. The second-order valence-corrected chi connectivity index (χ2v) is 11.6. The molecule has 0 radical (unpaired) electrons. The molecule has 0 aromatic rings. The van der Waals surface area contributed by atoms with Crippen molar-refractivity contribution in [2.45, 2.75) is 157 Å². The number of ether oxygens (including phenoxy) is 2. The van der Waals surface area contributed by atoms with Crippen LogP contribution in [-0.4, -0.2) is 25.2 Å². The minimum Gasteiger partial charge on any atom is -0.466 e. The molecule has 0 aliphatic heterocycles. The molecule has 0 fully saturated rings. The summed E-state index contributed by atoms with van der Waals surface area (Å²) in [4.78, 5) is 23.7. The standard InChI is InChI=1S/C31H60O4/c1-27(2)20-14-12-18-24-34-30(32)23-17-11-9-7-6-8-10-16-22-29(5)26-31(33)35-25-19-13-15-21-28(3)4/h27-29H,6-26H2,1-5H3. The van der Waals surface area contributed by atoms with Crippen LogP contribution in [0, 0.1) is 17.8 Å². The number of carbonyl (C=O) groups excluding carboxylic acids is 2. The van der Waals surface area contributed by atoms with Gasteiger partial charge < -0.3 is 9.47 Å². The van der Waals surface area contributed by atoms with Crippen LogP contribution in [0.1, 0.15) is 157 Å². The predicted molar refractivity (Wildman–Crippen MR) is 148 cm³/mol. The molecule has 1 atom stereocenters. The van der Waals surface area contributed by atoms with Gasteiger partial charge in [-0.1, -0.05) is 125 Å². The molecule has 0 spiro atoms. The number of esters is 2. The van der Waals surface area contributed by atoms with Crippen molar-refractivity contribution in [3.63, 3.8) is 0 Å². The van der Waals surface area contributed by atoms with Gasteiger partial charge in [0.05, 0.1) is 13.2 Å². The smallest absolute Gasteiger partial charge is 0.306 e. The Kier molecular flexibility index (Phi) is 23.9. The van der Waals surface area contributed by atoms with Crippen LogP contribution >= 0.6 is 0 Å². The Balaban J connectivity index is 3.37. The summed E-state index contributed by atoms with van der Waals surface area (Å²) in [7, 11) is 0. The minimum atomic E-state index is -0.0214. The average Bonchev–Trinajstić information content (AvgIpc) is 2.79. The van der Waals surface area contributed by atoms with Crippen molar-refractivity contribution in [2.75, 3.05) is 13.2 Å². The third-order valence-corrected chi connectivity index (χ3v) is 6.72. The minimum absolute atomic E-state index is 0.0199. The highest BCUT2D eigenvalue weighted by Gasteiger charge is 2.10. The van der Waals surface area contributed by atoms with Crippen molar-refractivity contribution in [2.24, 2.45) is 17.8 Å². The van der Waals surface area contributed by atoms with E-state index in [9.17, 15) is 9.59 Å². The Morgan fingerprint density at radius 3 is 1.40 bits per heavy atom. The van der Waals surface area contributed by atoms with E-state index >= 15 is 0 Å². The summed E-state index contributed by atoms with van der Waals surface area (Å²) < 4.78 is 10.7. The molecule has 0 amide bonds. The molecule has 0 aliphatic rings. The predicted octanol–water partition coefficient (Wildman–Crippen LogP) is 9.43.